The fourth-order valence-corrected chi connectivity index (χ4v) is 3.07. The highest BCUT2D eigenvalue weighted by atomic mass is 15.2. The Hall–Kier alpha value is -0.0800. The Morgan fingerprint density at radius 1 is 1.08 bits per heavy atom. The lowest BCUT2D eigenvalue weighted by Crippen LogP contribution is -2.35. The highest BCUT2D eigenvalue weighted by Gasteiger charge is 2.45. The van der Waals surface area contributed by atoms with Gasteiger partial charge in [-0.15, -0.1) is 0 Å². The molecule has 3 aliphatic rings. The maximum Gasteiger partial charge on any atom is 0.00131 e. The third kappa shape index (κ3) is 1.75. The first-order valence-electron chi connectivity index (χ1n) is 5.85. The molecule has 1 N–H and O–H groups in total. The summed E-state index contributed by atoms with van der Waals surface area (Å²) in [5.41, 5.74) is 0. The summed E-state index contributed by atoms with van der Waals surface area (Å²) in [6, 6.07) is 0. The van der Waals surface area contributed by atoms with Gasteiger partial charge in [0.2, 0.25) is 0 Å². The molecular weight excluding hydrogens is 160 g/mol. The van der Waals surface area contributed by atoms with E-state index in [1.807, 2.05) is 0 Å². The van der Waals surface area contributed by atoms with Crippen LogP contribution in [-0.2, 0) is 0 Å². The van der Waals surface area contributed by atoms with E-state index in [9.17, 15) is 0 Å². The van der Waals surface area contributed by atoms with Crippen LogP contribution in [0.5, 0.6) is 0 Å². The quantitative estimate of drug-likeness (QED) is 0.680. The van der Waals surface area contributed by atoms with Crippen LogP contribution in [-0.4, -0.2) is 37.6 Å². The summed E-state index contributed by atoms with van der Waals surface area (Å²) in [7, 11) is 0. The minimum absolute atomic E-state index is 0.999. The molecule has 2 aliphatic heterocycles. The first kappa shape index (κ1) is 8.25. The number of nitrogens with zero attached hydrogens (tertiary/aromatic N) is 1. The maximum absolute atomic E-state index is 3.44. The van der Waals surface area contributed by atoms with Crippen molar-refractivity contribution in [1.82, 2.24) is 10.2 Å². The predicted octanol–water partition coefficient (Wildman–Crippen LogP) is 0.938. The zero-order valence-electron chi connectivity index (χ0n) is 8.34. The lowest BCUT2D eigenvalue weighted by atomic mass is 9.97. The van der Waals surface area contributed by atoms with Crippen LogP contribution in [0.1, 0.15) is 19.3 Å². The fourth-order valence-electron chi connectivity index (χ4n) is 3.07. The fraction of sp³-hybridized carbons (Fsp3) is 1.00. The molecule has 2 saturated heterocycles. The van der Waals surface area contributed by atoms with Gasteiger partial charge in [0.25, 0.3) is 0 Å². The lowest BCUT2D eigenvalue weighted by Gasteiger charge is -2.28. The Kier molecular flexibility index (Phi) is 2.06. The van der Waals surface area contributed by atoms with Crippen LogP contribution >= 0.6 is 0 Å². The van der Waals surface area contributed by atoms with Crippen molar-refractivity contribution in [2.45, 2.75) is 19.3 Å². The standard InChI is InChI=1S/C11H20N2/c1-3-12-4-2-9(1)6-13-7-10-5-11(10)8-13/h9-12H,1-8H2. The molecule has 1 saturated carbocycles. The van der Waals surface area contributed by atoms with E-state index in [0.29, 0.717) is 0 Å². The summed E-state index contributed by atoms with van der Waals surface area (Å²) in [6.07, 6.45) is 4.36. The molecular formula is C11H20N2. The van der Waals surface area contributed by atoms with Crippen LogP contribution in [0.3, 0.4) is 0 Å². The molecule has 13 heavy (non-hydrogen) atoms. The second kappa shape index (κ2) is 3.25. The third-order valence-electron chi connectivity index (χ3n) is 4.03. The van der Waals surface area contributed by atoms with Crippen LogP contribution in [0, 0.1) is 17.8 Å². The van der Waals surface area contributed by atoms with Crippen LogP contribution in [0.2, 0.25) is 0 Å². The van der Waals surface area contributed by atoms with E-state index in [1.165, 1.54) is 45.6 Å². The predicted molar refractivity (Wildman–Crippen MR) is 53.6 cm³/mol. The Balaban J connectivity index is 1.46. The molecule has 3 rings (SSSR count). The van der Waals surface area contributed by atoms with Gasteiger partial charge < -0.3 is 10.2 Å². The van der Waals surface area contributed by atoms with Crippen LogP contribution < -0.4 is 5.32 Å². The molecule has 0 bridgehead atoms. The highest BCUT2D eigenvalue weighted by molar-refractivity contribution is 4.97. The van der Waals surface area contributed by atoms with Crippen molar-refractivity contribution in [3.8, 4) is 0 Å². The molecule has 2 heteroatoms. The molecule has 0 spiro atoms. The number of fused-ring (bicyclic) bond motifs is 1. The second-order valence-electron chi connectivity index (χ2n) is 5.17. The molecule has 0 amide bonds. The molecule has 3 fully saturated rings. The molecule has 0 aromatic heterocycles. The summed E-state index contributed by atoms with van der Waals surface area (Å²) < 4.78 is 0. The Bertz CT molecular complexity index is 177. The van der Waals surface area contributed by atoms with Crippen molar-refractivity contribution < 1.29 is 0 Å². The number of piperidine rings is 2. The van der Waals surface area contributed by atoms with Crippen LogP contribution in [0.25, 0.3) is 0 Å². The van der Waals surface area contributed by atoms with Gasteiger partial charge in [-0.25, -0.2) is 0 Å². The van der Waals surface area contributed by atoms with Gasteiger partial charge in [0.15, 0.2) is 0 Å². The number of hydrogen-bond acceptors (Lipinski definition) is 2. The monoisotopic (exact) mass is 180 g/mol. The van der Waals surface area contributed by atoms with E-state index in [2.05, 4.69) is 10.2 Å². The molecule has 1 aliphatic carbocycles. The summed E-state index contributed by atoms with van der Waals surface area (Å²) in [6.45, 7) is 6.76. The number of hydrogen-bond donors (Lipinski definition) is 1. The minimum Gasteiger partial charge on any atom is -0.317 e. The van der Waals surface area contributed by atoms with Gasteiger partial charge in [0.05, 0.1) is 0 Å². The van der Waals surface area contributed by atoms with Gasteiger partial charge in [-0.3, -0.25) is 0 Å². The average molecular weight is 180 g/mol. The van der Waals surface area contributed by atoms with E-state index in [0.717, 1.165) is 17.8 Å². The van der Waals surface area contributed by atoms with E-state index < -0.39 is 0 Å². The molecule has 74 valence electrons. The van der Waals surface area contributed by atoms with Crippen LogP contribution in [0.4, 0.5) is 0 Å². The highest BCUT2D eigenvalue weighted by Crippen LogP contribution is 2.45. The Labute approximate surface area is 80.7 Å². The van der Waals surface area contributed by atoms with Crippen molar-refractivity contribution >= 4 is 0 Å². The number of nitrogens with one attached hydrogen (secondary N) is 1. The smallest absolute Gasteiger partial charge is 0.00131 e. The Morgan fingerprint density at radius 3 is 2.46 bits per heavy atom. The van der Waals surface area contributed by atoms with Crippen molar-refractivity contribution in [1.29, 1.82) is 0 Å². The van der Waals surface area contributed by atoms with Crippen molar-refractivity contribution in [2.75, 3.05) is 32.7 Å². The molecule has 0 aromatic carbocycles. The van der Waals surface area contributed by atoms with Gasteiger partial charge in [0.1, 0.15) is 0 Å². The van der Waals surface area contributed by atoms with E-state index in [4.69, 9.17) is 0 Å². The summed E-state index contributed by atoms with van der Waals surface area (Å²) in [5, 5.41) is 3.44. The normalized spacial score (nSPS) is 40.6. The molecule has 0 aromatic rings. The van der Waals surface area contributed by atoms with E-state index >= 15 is 0 Å². The molecule has 0 radical (unpaired) electrons. The molecule has 2 heterocycles. The van der Waals surface area contributed by atoms with E-state index in [1.54, 1.807) is 6.42 Å². The molecule has 2 unspecified atom stereocenters. The third-order valence-corrected chi connectivity index (χ3v) is 4.03. The average Bonchev–Trinajstić information content (AvgIpc) is 2.76. The van der Waals surface area contributed by atoms with E-state index in [-0.39, 0.29) is 0 Å². The van der Waals surface area contributed by atoms with Crippen molar-refractivity contribution in [2.24, 2.45) is 17.8 Å². The number of rotatable bonds is 2. The second-order valence-corrected chi connectivity index (χ2v) is 5.17. The van der Waals surface area contributed by atoms with Crippen molar-refractivity contribution in [3.63, 3.8) is 0 Å². The summed E-state index contributed by atoms with van der Waals surface area (Å²) in [5.74, 6) is 3.22. The SMILES string of the molecule is C1CC(CN2CC3CC3C2)CCN1. The first-order valence-corrected chi connectivity index (χ1v) is 5.85. The maximum atomic E-state index is 3.44. The van der Waals surface area contributed by atoms with Crippen molar-refractivity contribution in [3.05, 3.63) is 0 Å². The zero-order chi connectivity index (χ0) is 8.67. The Morgan fingerprint density at radius 2 is 1.77 bits per heavy atom. The van der Waals surface area contributed by atoms with Gasteiger partial charge in [-0.1, -0.05) is 0 Å². The summed E-state index contributed by atoms with van der Waals surface area (Å²) in [4.78, 5) is 2.72. The van der Waals surface area contributed by atoms with Gasteiger partial charge in [-0.2, -0.15) is 0 Å². The topological polar surface area (TPSA) is 15.3 Å². The zero-order valence-corrected chi connectivity index (χ0v) is 8.34. The largest absolute Gasteiger partial charge is 0.317 e. The first-order chi connectivity index (χ1) is 6.42. The minimum atomic E-state index is 0.999. The molecule has 2 atom stereocenters. The van der Waals surface area contributed by atoms with Gasteiger partial charge in [0, 0.05) is 19.6 Å². The van der Waals surface area contributed by atoms with Crippen LogP contribution in [0.15, 0.2) is 0 Å². The summed E-state index contributed by atoms with van der Waals surface area (Å²) >= 11 is 0. The number of likely N-dealkylation sites (tertiary alicyclic amines) is 1. The lowest BCUT2D eigenvalue weighted by molar-refractivity contribution is 0.224. The van der Waals surface area contributed by atoms with Gasteiger partial charge >= 0.3 is 0 Å². The molecule has 2 nitrogen and oxygen atoms in total. The van der Waals surface area contributed by atoms with Gasteiger partial charge in [-0.05, 0) is 50.1 Å².